The smallest absolute Gasteiger partial charge is 0.274 e. The quantitative estimate of drug-likeness (QED) is 0.636. The fourth-order valence-electron chi connectivity index (χ4n) is 1.59. The summed E-state index contributed by atoms with van der Waals surface area (Å²) in [5.41, 5.74) is 1.51. The zero-order chi connectivity index (χ0) is 13.7. The molecule has 18 heavy (non-hydrogen) atoms. The Balaban J connectivity index is 2.66. The van der Waals surface area contributed by atoms with Gasteiger partial charge >= 0.3 is 0 Å². The van der Waals surface area contributed by atoms with Gasteiger partial charge in [-0.1, -0.05) is 13.0 Å². The molecular formula is C12H18N2O3S. The van der Waals surface area contributed by atoms with E-state index >= 15 is 0 Å². The van der Waals surface area contributed by atoms with Gasteiger partial charge in [-0.3, -0.25) is 14.3 Å². The van der Waals surface area contributed by atoms with E-state index < -0.39 is 10.8 Å². The predicted molar refractivity (Wildman–Crippen MR) is 74.5 cm³/mol. The third-order valence-electron chi connectivity index (χ3n) is 2.93. The molecule has 0 saturated heterocycles. The van der Waals surface area contributed by atoms with E-state index in [0.717, 1.165) is 12.1 Å². The fraction of sp³-hybridized carbons (Fsp3) is 0.500. The molecule has 1 aromatic rings. The highest BCUT2D eigenvalue weighted by atomic mass is 32.2. The maximum Gasteiger partial charge on any atom is 0.274 e. The van der Waals surface area contributed by atoms with E-state index in [1.165, 1.54) is 6.07 Å². The number of benzene rings is 1. The average Bonchev–Trinajstić information content (AvgIpc) is 2.30. The fourth-order valence-corrected chi connectivity index (χ4v) is 2.04. The van der Waals surface area contributed by atoms with Crippen LogP contribution in [0.3, 0.4) is 0 Å². The number of nitrogens with zero attached hydrogens (tertiary/aromatic N) is 1. The molecule has 0 saturated carbocycles. The lowest BCUT2D eigenvalue weighted by Crippen LogP contribution is -2.15. The standard InChI is InChI=1S/C12H18N2O3S/c1-9(18(3)17)7-8-13-11-5-4-6-12(10(11)2)14(15)16/h4-6,9,13H,7-8H2,1-3H3. The van der Waals surface area contributed by atoms with Crippen LogP contribution in [0.5, 0.6) is 0 Å². The van der Waals surface area contributed by atoms with Gasteiger partial charge < -0.3 is 5.32 Å². The Bertz CT molecular complexity index is 463. The van der Waals surface area contributed by atoms with Crippen LogP contribution in [0.15, 0.2) is 18.2 Å². The highest BCUT2D eigenvalue weighted by molar-refractivity contribution is 7.84. The number of nitro groups is 1. The van der Waals surface area contributed by atoms with Crippen LogP contribution in [-0.2, 0) is 10.8 Å². The summed E-state index contributed by atoms with van der Waals surface area (Å²) in [4.78, 5) is 10.4. The first-order valence-corrected chi connectivity index (χ1v) is 7.35. The molecule has 1 aromatic carbocycles. The van der Waals surface area contributed by atoms with Gasteiger partial charge in [-0.25, -0.2) is 0 Å². The number of nitro benzene ring substituents is 1. The van der Waals surface area contributed by atoms with Crippen molar-refractivity contribution >= 4 is 22.2 Å². The predicted octanol–water partition coefficient (Wildman–Crippen LogP) is 2.47. The average molecular weight is 270 g/mol. The molecule has 2 atom stereocenters. The number of nitrogens with one attached hydrogen (secondary N) is 1. The Hall–Kier alpha value is -1.43. The molecule has 0 radical (unpaired) electrons. The van der Waals surface area contributed by atoms with Crippen molar-refractivity contribution in [3.05, 3.63) is 33.9 Å². The molecule has 0 amide bonds. The van der Waals surface area contributed by atoms with Crippen molar-refractivity contribution in [2.75, 3.05) is 18.1 Å². The highest BCUT2D eigenvalue weighted by Gasteiger charge is 2.13. The van der Waals surface area contributed by atoms with Crippen LogP contribution in [0.1, 0.15) is 18.9 Å². The second-order valence-electron chi connectivity index (χ2n) is 4.23. The van der Waals surface area contributed by atoms with Gasteiger partial charge in [-0.2, -0.15) is 0 Å². The van der Waals surface area contributed by atoms with Gasteiger partial charge in [0.25, 0.3) is 5.69 Å². The third-order valence-corrected chi connectivity index (χ3v) is 4.30. The van der Waals surface area contributed by atoms with Crippen LogP contribution in [0.4, 0.5) is 11.4 Å². The van der Waals surface area contributed by atoms with Crippen molar-refractivity contribution in [2.45, 2.75) is 25.5 Å². The van der Waals surface area contributed by atoms with E-state index in [9.17, 15) is 14.3 Å². The summed E-state index contributed by atoms with van der Waals surface area (Å²) in [6.07, 6.45) is 2.45. The van der Waals surface area contributed by atoms with E-state index in [1.54, 1.807) is 19.2 Å². The first-order chi connectivity index (χ1) is 8.43. The van der Waals surface area contributed by atoms with Crippen molar-refractivity contribution in [3.63, 3.8) is 0 Å². The lowest BCUT2D eigenvalue weighted by Gasteiger charge is -2.12. The minimum atomic E-state index is -0.833. The number of hydrogen-bond donors (Lipinski definition) is 1. The van der Waals surface area contributed by atoms with Crippen LogP contribution in [-0.4, -0.2) is 27.2 Å². The normalized spacial score (nSPS) is 13.9. The summed E-state index contributed by atoms with van der Waals surface area (Å²) in [6, 6.07) is 4.97. The summed E-state index contributed by atoms with van der Waals surface area (Å²) >= 11 is 0. The van der Waals surface area contributed by atoms with E-state index in [2.05, 4.69) is 5.32 Å². The maximum atomic E-state index is 11.2. The SMILES string of the molecule is Cc1c(NCCC(C)S(C)=O)cccc1[N+](=O)[O-]. The summed E-state index contributed by atoms with van der Waals surface area (Å²) in [5, 5.41) is 14.1. The van der Waals surface area contributed by atoms with Gasteiger partial charge in [0.2, 0.25) is 0 Å². The van der Waals surface area contributed by atoms with Crippen LogP contribution in [0.2, 0.25) is 0 Å². The molecule has 0 heterocycles. The molecular weight excluding hydrogens is 252 g/mol. The Kier molecular flexibility index (Phi) is 5.27. The topological polar surface area (TPSA) is 72.2 Å². The molecule has 0 aliphatic carbocycles. The summed E-state index contributed by atoms with van der Waals surface area (Å²) in [6.45, 7) is 4.31. The molecule has 0 aliphatic rings. The minimum Gasteiger partial charge on any atom is -0.385 e. The lowest BCUT2D eigenvalue weighted by molar-refractivity contribution is -0.385. The third kappa shape index (κ3) is 3.80. The highest BCUT2D eigenvalue weighted by Crippen LogP contribution is 2.24. The molecule has 0 fully saturated rings. The van der Waals surface area contributed by atoms with E-state index in [-0.39, 0.29) is 15.9 Å². The molecule has 2 unspecified atom stereocenters. The van der Waals surface area contributed by atoms with Gasteiger partial charge in [0, 0.05) is 46.2 Å². The van der Waals surface area contributed by atoms with E-state index in [0.29, 0.717) is 12.1 Å². The number of anilines is 1. The van der Waals surface area contributed by atoms with Crippen molar-refractivity contribution < 1.29 is 9.13 Å². The first-order valence-electron chi connectivity index (χ1n) is 5.73. The van der Waals surface area contributed by atoms with Crippen molar-refractivity contribution in [2.24, 2.45) is 0 Å². The molecule has 0 spiro atoms. The Morgan fingerprint density at radius 2 is 2.17 bits per heavy atom. The molecule has 5 nitrogen and oxygen atoms in total. The summed E-state index contributed by atoms with van der Waals surface area (Å²) in [5.74, 6) is 0. The van der Waals surface area contributed by atoms with Gasteiger partial charge in [-0.05, 0) is 19.4 Å². The molecule has 100 valence electrons. The van der Waals surface area contributed by atoms with E-state index in [1.807, 2.05) is 13.0 Å². The van der Waals surface area contributed by atoms with Gasteiger partial charge in [-0.15, -0.1) is 0 Å². The molecule has 1 rings (SSSR count). The molecule has 0 aliphatic heterocycles. The van der Waals surface area contributed by atoms with Crippen molar-refractivity contribution in [1.82, 2.24) is 0 Å². The second-order valence-corrected chi connectivity index (χ2v) is 6.03. The Morgan fingerprint density at radius 1 is 1.50 bits per heavy atom. The Morgan fingerprint density at radius 3 is 2.72 bits per heavy atom. The van der Waals surface area contributed by atoms with Gasteiger partial charge in [0.05, 0.1) is 4.92 Å². The van der Waals surface area contributed by atoms with Crippen LogP contribution >= 0.6 is 0 Å². The molecule has 0 bridgehead atoms. The number of hydrogen-bond acceptors (Lipinski definition) is 4. The van der Waals surface area contributed by atoms with Gasteiger partial charge in [0.1, 0.15) is 0 Å². The molecule has 1 N–H and O–H groups in total. The zero-order valence-corrected chi connectivity index (χ0v) is 11.6. The van der Waals surface area contributed by atoms with Gasteiger partial charge in [0.15, 0.2) is 0 Å². The Labute approximate surface area is 109 Å². The lowest BCUT2D eigenvalue weighted by atomic mass is 10.1. The van der Waals surface area contributed by atoms with Crippen molar-refractivity contribution in [3.8, 4) is 0 Å². The number of rotatable bonds is 6. The largest absolute Gasteiger partial charge is 0.385 e. The molecule has 6 heteroatoms. The van der Waals surface area contributed by atoms with Crippen molar-refractivity contribution in [1.29, 1.82) is 0 Å². The van der Waals surface area contributed by atoms with Crippen LogP contribution < -0.4 is 5.32 Å². The van der Waals surface area contributed by atoms with Crippen LogP contribution in [0.25, 0.3) is 0 Å². The summed E-state index contributed by atoms with van der Waals surface area (Å²) < 4.78 is 11.2. The molecule has 0 aromatic heterocycles. The minimum absolute atomic E-state index is 0.118. The van der Waals surface area contributed by atoms with E-state index in [4.69, 9.17) is 0 Å². The van der Waals surface area contributed by atoms with Crippen LogP contribution in [0, 0.1) is 17.0 Å². The second kappa shape index (κ2) is 6.49. The summed E-state index contributed by atoms with van der Waals surface area (Å²) in [7, 11) is -0.833. The maximum absolute atomic E-state index is 11.2. The monoisotopic (exact) mass is 270 g/mol. The first kappa shape index (κ1) is 14.6. The zero-order valence-electron chi connectivity index (χ0n) is 10.8.